The number of nitrogens with zero attached hydrogens (tertiary/aromatic N) is 2. The highest BCUT2D eigenvalue weighted by molar-refractivity contribution is 6.35. The molecule has 17 heavy (non-hydrogen) atoms. The number of rotatable bonds is 2. The Labute approximate surface area is 102 Å². The van der Waals surface area contributed by atoms with Gasteiger partial charge in [-0.05, 0) is 12.1 Å². The summed E-state index contributed by atoms with van der Waals surface area (Å²) in [7, 11) is 1.60. The molecule has 0 saturated carbocycles. The Morgan fingerprint density at radius 2 is 2.06 bits per heavy atom. The van der Waals surface area contributed by atoms with Gasteiger partial charge >= 0.3 is 5.69 Å². The summed E-state index contributed by atoms with van der Waals surface area (Å²) in [4.78, 5) is 24.1. The summed E-state index contributed by atoms with van der Waals surface area (Å²) in [6, 6.07) is 5.02. The molecule has 5 nitrogen and oxygen atoms in total. The Morgan fingerprint density at radius 1 is 1.35 bits per heavy atom. The molecule has 0 atom stereocenters. The number of fused-ring (bicyclic) bond motifs is 1. The largest absolute Gasteiger partial charge is 0.331 e. The monoisotopic (exact) mass is 253 g/mol. The lowest BCUT2D eigenvalue weighted by Crippen LogP contribution is -2.40. The van der Waals surface area contributed by atoms with Crippen LogP contribution in [0, 0.1) is 0 Å². The summed E-state index contributed by atoms with van der Waals surface area (Å²) in [5.41, 5.74) is 5.15. The molecular weight excluding hydrogens is 242 g/mol. The number of aromatic nitrogens is 2. The van der Waals surface area contributed by atoms with E-state index in [0.29, 0.717) is 15.9 Å². The quantitative estimate of drug-likeness (QED) is 0.838. The van der Waals surface area contributed by atoms with Crippen molar-refractivity contribution in [3.63, 3.8) is 0 Å². The van der Waals surface area contributed by atoms with Gasteiger partial charge in [-0.25, -0.2) is 4.79 Å². The molecule has 0 fully saturated rings. The van der Waals surface area contributed by atoms with Gasteiger partial charge in [0, 0.05) is 20.1 Å². The van der Waals surface area contributed by atoms with Gasteiger partial charge in [-0.15, -0.1) is 0 Å². The lowest BCUT2D eigenvalue weighted by molar-refractivity contribution is 0.613. The molecule has 2 aromatic rings. The van der Waals surface area contributed by atoms with Crippen molar-refractivity contribution in [1.82, 2.24) is 9.13 Å². The fourth-order valence-electron chi connectivity index (χ4n) is 1.84. The van der Waals surface area contributed by atoms with E-state index in [-0.39, 0.29) is 24.3 Å². The van der Waals surface area contributed by atoms with Crippen LogP contribution < -0.4 is 17.0 Å². The molecule has 1 aromatic carbocycles. The van der Waals surface area contributed by atoms with Crippen molar-refractivity contribution < 1.29 is 0 Å². The average Bonchev–Trinajstić information content (AvgIpc) is 2.31. The Balaban J connectivity index is 3.02. The molecule has 2 N–H and O–H groups in total. The minimum Gasteiger partial charge on any atom is -0.329 e. The van der Waals surface area contributed by atoms with E-state index >= 15 is 0 Å². The summed E-state index contributed by atoms with van der Waals surface area (Å²) in [6.45, 7) is 0.414. The molecule has 6 heteroatoms. The van der Waals surface area contributed by atoms with E-state index in [4.69, 9.17) is 17.3 Å². The standard InChI is InChI=1S/C11H12ClN3O2/c1-14-8-4-2-3-7(12)9(8)10(16)15(6-5-13)11(14)17/h2-4H,5-6,13H2,1H3. The minimum atomic E-state index is -0.390. The first kappa shape index (κ1) is 11.9. The van der Waals surface area contributed by atoms with Crippen LogP contribution in [0.3, 0.4) is 0 Å². The maximum atomic E-state index is 12.1. The van der Waals surface area contributed by atoms with Crippen molar-refractivity contribution in [1.29, 1.82) is 0 Å². The van der Waals surface area contributed by atoms with E-state index in [1.807, 2.05) is 0 Å². The van der Waals surface area contributed by atoms with Gasteiger partial charge in [0.1, 0.15) is 0 Å². The van der Waals surface area contributed by atoms with Crippen molar-refractivity contribution in [2.75, 3.05) is 6.54 Å². The van der Waals surface area contributed by atoms with Crippen LogP contribution in [-0.2, 0) is 13.6 Å². The molecule has 0 aliphatic rings. The molecule has 0 radical (unpaired) electrons. The second-order valence-corrected chi connectivity index (χ2v) is 4.13. The number of nitrogens with two attached hydrogens (primary N) is 1. The molecule has 0 aliphatic carbocycles. The van der Waals surface area contributed by atoms with Gasteiger partial charge in [-0.1, -0.05) is 17.7 Å². The molecule has 0 amide bonds. The zero-order valence-corrected chi connectivity index (χ0v) is 10.1. The van der Waals surface area contributed by atoms with Crippen LogP contribution in [0.2, 0.25) is 5.02 Å². The van der Waals surface area contributed by atoms with Crippen molar-refractivity contribution in [3.05, 3.63) is 44.1 Å². The Hall–Kier alpha value is -1.59. The van der Waals surface area contributed by atoms with Crippen LogP contribution in [0.4, 0.5) is 0 Å². The molecule has 0 bridgehead atoms. The fourth-order valence-corrected chi connectivity index (χ4v) is 2.09. The maximum absolute atomic E-state index is 12.1. The Bertz CT molecular complexity index is 687. The maximum Gasteiger partial charge on any atom is 0.331 e. The van der Waals surface area contributed by atoms with Gasteiger partial charge in [-0.2, -0.15) is 0 Å². The molecule has 0 spiro atoms. The second kappa shape index (κ2) is 4.35. The van der Waals surface area contributed by atoms with Gasteiger partial charge in [0.25, 0.3) is 5.56 Å². The number of aryl methyl sites for hydroxylation is 1. The number of hydrogen-bond donors (Lipinski definition) is 1. The number of hydrogen-bond acceptors (Lipinski definition) is 3. The molecule has 90 valence electrons. The van der Waals surface area contributed by atoms with Crippen LogP contribution in [-0.4, -0.2) is 15.7 Å². The number of halogens is 1. The van der Waals surface area contributed by atoms with Crippen molar-refractivity contribution in [3.8, 4) is 0 Å². The SMILES string of the molecule is Cn1c(=O)n(CCN)c(=O)c2c(Cl)cccc21. The first-order chi connectivity index (χ1) is 8.07. The predicted molar refractivity (Wildman–Crippen MR) is 67.5 cm³/mol. The highest BCUT2D eigenvalue weighted by Gasteiger charge is 2.12. The normalized spacial score (nSPS) is 11.0. The molecule has 0 aliphatic heterocycles. The van der Waals surface area contributed by atoms with Crippen molar-refractivity contribution >= 4 is 22.5 Å². The van der Waals surface area contributed by atoms with Crippen LogP contribution in [0.1, 0.15) is 0 Å². The van der Waals surface area contributed by atoms with Crippen LogP contribution in [0.15, 0.2) is 27.8 Å². The van der Waals surface area contributed by atoms with Gasteiger partial charge in [0.15, 0.2) is 0 Å². The molecular formula is C11H12ClN3O2. The topological polar surface area (TPSA) is 70.0 Å². The third-order valence-corrected chi connectivity index (χ3v) is 3.00. The predicted octanol–water partition coefficient (Wildman–Crippen LogP) is 0.312. The van der Waals surface area contributed by atoms with E-state index in [0.717, 1.165) is 4.57 Å². The third kappa shape index (κ3) is 1.77. The summed E-state index contributed by atoms with van der Waals surface area (Å²) in [6.07, 6.45) is 0. The highest BCUT2D eigenvalue weighted by atomic mass is 35.5. The average molecular weight is 254 g/mol. The van der Waals surface area contributed by atoms with Gasteiger partial charge in [-0.3, -0.25) is 13.9 Å². The first-order valence-electron chi connectivity index (χ1n) is 5.16. The van der Waals surface area contributed by atoms with Crippen LogP contribution in [0.5, 0.6) is 0 Å². The van der Waals surface area contributed by atoms with E-state index in [9.17, 15) is 9.59 Å². The third-order valence-electron chi connectivity index (χ3n) is 2.68. The molecule has 0 saturated heterocycles. The summed E-state index contributed by atoms with van der Waals surface area (Å²) < 4.78 is 2.51. The smallest absolute Gasteiger partial charge is 0.329 e. The minimum absolute atomic E-state index is 0.187. The van der Waals surface area contributed by atoms with E-state index in [2.05, 4.69) is 0 Å². The van der Waals surface area contributed by atoms with E-state index in [1.165, 1.54) is 4.57 Å². The molecule has 0 unspecified atom stereocenters. The van der Waals surface area contributed by atoms with Gasteiger partial charge in [0.2, 0.25) is 0 Å². The van der Waals surface area contributed by atoms with E-state index in [1.54, 1.807) is 25.2 Å². The Kier molecular flexibility index (Phi) is 3.04. The van der Waals surface area contributed by atoms with Crippen molar-refractivity contribution in [2.45, 2.75) is 6.54 Å². The number of benzene rings is 1. The first-order valence-corrected chi connectivity index (χ1v) is 5.54. The summed E-state index contributed by atoms with van der Waals surface area (Å²) in [5, 5.41) is 0.693. The van der Waals surface area contributed by atoms with Gasteiger partial charge < -0.3 is 5.73 Å². The van der Waals surface area contributed by atoms with Gasteiger partial charge in [0.05, 0.1) is 15.9 Å². The summed E-state index contributed by atoms with van der Waals surface area (Å²) >= 11 is 6.00. The highest BCUT2D eigenvalue weighted by Crippen LogP contribution is 2.17. The van der Waals surface area contributed by atoms with Crippen LogP contribution in [0.25, 0.3) is 10.9 Å². The summed E-state index contributed by atoms with van der Waals surface area (Å²) in [5.74, 6) is 0. The van der Waals surface area contributed by atoms with Crippen molar-refractivity contribution in [2.24, 2.45) is 12.8 Å². The zero-order valence-electron chi connectivity index (χ0n) is 9.31. The molecule has 2 rings (SSSR count). The van der Waals surface area contributed by atoms with E-state index < -0.39 is 0 Å². The fraction of sp³-hybridized carbons (Fsp3) is 0.273. The van der Waals surface area contributed by atoms with Crippen LogP contribution >= 0.6 is 11.6 Å². The zero-order chi connectivity index (χ0) is 12.6. The second-order valence-electron chi connectivity index (χ2n) is 3.72. The lowest BCUT2D eigenvalue weighted by atomic mass is 10.2. The molecule has 1 heterocycles. The Morgan fingerprint density at radius 3 is 2.71 bits per heavy atom. The lowest BCUT2D eigenvalue weighted by Gasteiger charge is -2.10. The molecule has 1 aromatic heterocycles.